The molecule has 3 nitrogen and oxygen atoms in total. The lowest BCUT2D eigenvalue weighted by molar-refractivity contribution is 0.508. The average molecular weight is 290 g/mol. The molecule has 0 heterocycles. The maximum atomic E-state index is 11.8. The van der Waals surface area contributed by atoms with Crippen LogP contribution in [0.2, 0.25) is 0 Å². The predicted molar refractivity (Wildman–Crippen MR) is 79.4 cm³/mol. The summed E-state index contributed by atoms with van der Waals surface area (Å²) in [5.74, 6) is 0.786. The molecular formula is C13H22O3S2. The fourth-order valence-electron chi connectivity index (χ4n) is 1.64. The molecule has 0 amide bonds. The number of unbranched alkanes of at least 4 members (excludes halogenated alkanes) is 1. The molecule has 0 unspecified atom stereocenters. The number of rotatable bonds is 7. The summed E-state index contributed by atoms with van der Waals surface area (Å²) in [5.41, 5.74) is 1.11. The van der Waals surface area contributed by atoms with Gasteiger partial charge in [0.2, 0.25) is 0 Å². The second-order valence-corrected chi connectivity index (χ2v) is 9.98. The molecule has 0 aromatic heterocycles. The second kappa shape index (κ2) is 6.59. The van der Waals surface area contributed by atoms with E-state index in [0.717, 1.165) is 12.0 Å². The highest BCUT2D eigenvalue weighted by Crippen LogP contribution is 2.46. The standard InChI is InChI=1S/C13H22O3S2/c1-4-5-11-18(14,15)16-17(2,3)12-13-9-7-6-8-10-13/h6-10H,4-5,11-12H2,1-3H3. The highest BCUT2D eigenvalue weighted by molar-refractivity contribution is 8.31. The van der Waals surface area contributed by atoms with Crippen LogP contribution in [0.4, 0.5) is 0 Å². The molecule has 0 aliphatic heterocycles. The van der Waals surface area contributed by atoms with Crippen molar-refractivity contribution >= 4 is 20.4 Å². The van der Waals surface area contributed by atoms with Crippen LogP contribution in [0.15, 0.2) is 30.3 Å². The Morgan fingerprint density at radius 1 is 1.11 bits per heavy atom. The van der Waals surface area contributed by atoms with Crippen LogP contribution in [0.5, 0.6) is 0 Å². The summed E-state index contributed by atoms with van der Waals surface area (Å²) < 4.78 is 29.0. The summed E-state index contributed by atoms with van der Waals surface area (Å²) in [7, 11) is -5.00. The van der Waals surface area contributed by atoms with Gasteiger partial charge in [0.05, 0.1) is 5.75 Å². The Morgan fingerprint density at radius 3 is 2.28 bits per heavy atom. The van der Waals surface area contributed by atoms with Gasteiger partial charge in [-0.05, 0) is 24.5 Å². The van der Waals surface area contributed by atoms with Crippen LogP contribution < -0.4 is 0 Å². The maximum absolute atomic E-state index is 11.8. The van der Waals surface area contributed by atoms with Crippen LogP contribution >= 0.6 is 10.3 Å². The van der Waals surface area contributed by atoms with E-state index in [1.165, 1.54) is 0 Å². The molecule has 1 aromatic rings. The lowest BCUT2D eigenvalue weighted by atomic mass is 10.2. The summed E-state index contributed by atoms with van der Waals surface area (Å²) in [6, 6.07) is 9.85. The Labute approximate surface area is 112 Å². The summed E-state index contributed by atoms with van der Waals surface area (Å²) >= 11 is 0. The first-order valence-electron chi connectivity index (χ1n) is 6.03. The zero-order valence-electron chi connectivity index (χ0n) is 11.3. The van der Waals surface area contributed by atoms with Crippen LogP contribution in [0.1, 0.15) is 25.3 Å². The van der Waals surface area contributed by atoms with Gasteiger partial charge in [0.1, 0.15) is 0 Å². The first kappa shape index (κ1) is 15.5. The third-order valence-corrected chi connectivity index (χ3v) is 6.51. The van der Waals surface area contributed by atoms with Gasteiger partial charge >= 0.3 is 0 Å². The molecule has 0 fully saturated rings. The van der Waals surface area contributed by atoms with Crippen molar-refractivity contribution in [3.63, 3.8) is 0 Å². The van der Waals surface area contributed by atoms with Gasteiger partial charge in [0.15, 0.2) is 0 Å². The van der Waals surface area contributed by atoms with Crippen LogP contribution in [-0.4, -0.2) is 26.7 Å². The fourth-order valence-corrected chi connectivity index (χ4v) is 5.98. The molecule has 0 saturated carbocycles. The summed E-state index contributed by atoms with van der Waals surface area (Å²) in [5, 5.41) is 0. The van der Waals surface area contributed by atoms with Gasteiger partial charge in [0.25, 0.3) is 10.1 Å². The topological polar surface area (TPSA) is 43.4 Å². The van der Waals surface area contributed by atoms with E-state index in [0.29, 0.717) is 12.2 Å². The van der Waals surface area contributed by atoms with E-state index in [2.05, 4.69) is 0 Å². The van der Waals surface area contributed by atoms with Crippen molar-refractivity contribution in [1.82, 2.24) is 0 Å². The SMILES string of the molecule is CCCCS(=O)(=O)OS(C)(C)Cc1ccccc1. The zero-order chi connectivity index (χ0) is 13.6. The monoisotopic (exact) mass is 290 g/mol. The Balaban J connectivity index is 2.64. The van der Waals surface area contributed by atoms with Crippen molar-refractivity contribution in [3.8, 4) is 0 Å². The molecule has 0 bridgehead atoms. The first-order chi connectivity index (χ1) is 8.35. The van der Waals surface area contributed by atoms with E-state index in [-0.39, 0.29) is 5.75 Å². The van der Waals surface area contributed by atoms with Crippen LogP contribution in [0, 0.1) is 0 Å². The Kier molecular flexibility index (Phi) is 5.69. The minimum Gasteiger partial charge on any atom is -0.220 e. The first-order valence-corrected chi connectivity index (χ1v) is 10.2. The lowest BCUT2D eigenvalue weighted by Gasteiger charge is -2.29. The predicted octanol–water partition coefficient (Wildman–Crippen LogP) is 3.31. The molecule has 0 aliphatic carbocycles. The second-order valence-electron chi connectivity index (χ2n) is 4.75. The molecule has 1 aromatic carbocycles. The van der Waals surface area contributed by atoms with E-state index < -0.39 is 20.4 Å². The van der Waals surface area contributed by atoms with Crippen molar-refractivity contribution in [2.24, 2.45) is 0 Å². The average Bonchev–Trinajstić information content (AvgIpc) is 2.25. The quantitative estimate of drug-likeness (QED) is 0.774. The smallest absolute Gasteiger partial charge is 0.220 e. The minimum absolute atomic E-state index is 0.120. The van der Waals surface area contributed by atoms with E-state index in [9.17, 15) is 8.42 Å². The van der Waals surface area contributed by atoms with E-state index in [1.807, 2.05) is 49.8 Å². The molecule has 104 valence electrons. The molecule has 0 atom stereocenters. The van der Waals surface area contributed by atoms with Gasteiger partial charge in [-0.3, -0.25) is 0 Å². The number of benzene rings is 1. The normalized spacial score (nSPS) is 13.5. The van der Waals surface area contributed by atoms with Crippen molar-refractivity contribution < 1.29 is 12.0 Å². The Hall–Kier alpha value is -0.520. The largest absolute Gasteiger partial charge is 0.276 e. The molecule has 5 heteroatoms. The third-order valence-electron chi connectivity index (χ3n) is 2.39. The van der Waals surface area contributed by atoms with Crippen LogP contribution in [-0.2, 0) is 19.5 Å². The lowest BCUT2D eigenvalue weighted by Crippen LogP contribution is -2.15. The maximum Gasteiger partial charge on any atom is 0.276 e. The van der Waals surface area contributed by atoms with Crippen LogP contribution in [0.25, 0.3) is 0 Å². The van der Waals surface area contributed by atoms with Crippen LogP contribution in [0.3, 0.4) is 0 Å². The highest BCUT2D eigenvalue weighted by Gasteiger charge is 2.22. The fraction of sp³-hybridized carbons (Fsp3) is 0.538. The zero-order valence-corrected chi connectivity index (χ0v) is 12.9. The van der Waals surface area contributed by atoms with Gasteiger partial charge in [-0.2, -0.15) is 8.42 Å². The number of hydrogen-bond acceptors (Lipinski definition) is 3. The van der Waals surface area contributed by atoms with Crippen molar-refractivity contribution in [3.05, 3.63) is 35.9 Å². The summed E-state index contributed by atoms with van der Waals surface area (Å²) in [4.78, 5) is 0. The molecule has 0 aliphatic rings. The highest BCUT2D eigenvalue weighted by atomic mass is 32.3. The van der Waals surface area contributed by atoms with Crippen molar-refractivity contribution in [2.45, 2.75) is 25.5 Å². The Bertz CT molecular complexity index is 452. The summed E-state index contributed by atoms with van der Waals surface area (Å²) in [6.07, 6.45) is 5.30. The summed E-state index contributed by atoms with van der Waals surface area (Å²) in [6.45, 7) is 1.97. The molecule has 0 radical (unpaired) electrons. The molecule has 18 heavy (non-hydrogen) atoms. The van der Waals surface area contributed by atoms with E-state index in [4.69, 9.17) is 3.63 Å². The third kappa shape index (κ3) is 5.89. The molecule has 0 saturated heterocycles. The van der Waals surface area contributed by atoms with Gasteiger partial charge in [-0.25, -0.2) is 3.63 Å². The molecular weight excluding hydrogens is 268 g/mol. The Morgan fingerprint density at radius 2 is 1.72 bits per heavy atom. The molecule has 0 spiro atoms. The van der Waals surface area contributed by atoms with E-state index in [1.54, 1.807) is 0 Å². The molecule has 0 N–H and O–H groups in total. The molecule has 1 rings (SSSR count). The number of hydrogen-bond donors (Lipinski definition) is 0. The van der Waals surface area contributed by atoms with Crippen molar-refractivity contribution in [2.75, 3.05) is 18.3 Å². The minimum atomic E-state index is -3.38. The van der Waals surface area contributed by atoms with E-state index >= 15 is 0 Å². The van der Waals surface area contributed by atoms with Gasteiger partial charge in [-0.1, -0.05) is 43.7 Å². The van der Waals surface area contributed by atoms with Gasteiger partial charge < -0.3 is 0 Å². The van der Waals surface area contributed by atoms with Gasteiger partial charge in [0, 0.05) is 5.75 Å². The van der Waals surface area contributed by atoms with Crippen molar-refractivity contribution in [1.29, 1.82) is 0 Å². The van der Waals surface area contributed by atoms with Gasteiger partial charge in [-0.15, -0.1) is 10.3 Å².